The molecule has 2 heterocycles. The second-order valence-electron chi connectivity index (χ2n) is 9.80. The van der Waals surface area contributed by atoms with Gasteiger partial charge in [0.1, 0.15) is 5.75 Å². The number of para-hydroxylation sites is 2. The standard InChI is InChI=1S/C31H32BrN5O3S/c1-22-21-35(18-19-36(22)30(39)24-13-6-7-14-25(24)32)28(38)17-10-20-41-31-34-33-29(23-11-4-3-5-12-23)37(31)26-15-8-9-16-27(26)40-2/h3-9,11-16,22H,10,17-21H2,1-2H3. The minimum Gasteiger partial charge on any atom is -0.495 e. The second kappa shape index (κ2) is 13.4. The van der Waals surface area contributed by atoms with Crippen LogP contribution >= 0.6 is 27.7 Å². The lowest BCUT2D eigenvalue weighted by molar-refractivity contribution is -0.133. The zero-order valence-electron chi connectivity index (χ0n) is 23.1. The van der Waals surface area contributed by atoms with Crippen molar-refractivity contribution in [1.82, 2.24) is 24.6 Å². The molecule has 1 atom stereocenters. The molecule has 0 aliphatic carbocycles. The van der Waals surface area contributed by atoms with E-state index in [0.29, 0.717) is 43.8 Å². The maximum absolute atomic E-state index is 13.1. The molecule has 41 heavy (non-hydrogen) atoms. The highest BCUT2D eigenvalue weighted by Crippen LogP contribution is 2.33. The van der Waals surface area contributed by atoms with E-state index in [4.69, 9.17) is 4.74 Å². The highest BCUT2D eigenvalue weighted by Gasteiger charge is 2.30. The van der Waals surface area contributed by atoms with Gasteiger partial charge in [0.25, 0.3) is 5.91 Å². The van der Waals surface area contributed by atoms with Crippen LogP contribution in [0.2, 0.25) is 0 Å². The number of hydrogen-bond donors (Lipinski definition) is 0. The van der Waals surface area contributed by atoms with Crippen molar-refractivity contribution in [3.05, 3.63) is 88.9 Å². The number of rotatable bonds is 9. The molecule has 2 amide bonds. The summed E-state index contributed by atoms with van der Waals surface area (Å²) in [7, 11) is 1.65. The Morgan fingerprint density at radius 2 is 1.71 bits per heavy atom. The predicted octanol–water partition coefficient (Wildman–Crippen LogP) is 5.95. The van der Waals surface area contributed by atoms with Gasteiger partial charge >= 0.3 is 0 Å². The first-order chi connectivity index (χ1) is 20.0. The molecule has 1 aliphatic rings. The first-order valence-corrected chi connectivity index (χ1v) is 15.4. The van der Waals surface area contributed by atoms with Crippen molar-refractivity contribution in [3.63, 3.8) is 0 Å². The smallest absolute Gasteiger partial charge is 0.255 e. The van der Waals surface area contributed by atoms with E-state index >= 15 is 0 Å². The molecular weight excluding hydrogens is 602 g/mol. The summed E-state index contributed by atoms with van der Waals surface area (Å²) < 4.78 is 8.44. The molecule has 1 unspecified atom stereocenters. The average molecular weight is 635 g/mol. The summed E-state index contributed by atoms with van der Waals surface area (Å²) in [4.78, 5) is 29.9. The Balaban J connectivity index is 1.20. The van der Waals surface area contributed by atoms with E-state index in [0.717, 1.165) is 32.5 Å². The lowest BCUT2D eigenvalue weighted by Gasteiger charge is -2.40. The topological polar surface area (TPSA) is 80.6 Å². The van der Waals surface area contributed by atoms with Gasteiger partial charge in [-0.1, -0.05) is 66.4 Å². The van der Waals surface area contributed by atoms with E-state index in [9.17, 15) is 9.59 Å². The summed E-state index contributed by atoms with van der Waals surface area (Å²) in [5.74, 6) is 2.28. The molecule has 5 rings (SSSR count). The Labute approximate surface area is 252 Å². The maximum Gasteiger partial charge on any atom is 0.255 e. The van der Waals surface area contributed by atoms with Gasteiger partial charge in [-0.3, -0.25) is 14.2 Å². The van der Waals surface area contributed by atoms with Gasteiger partial charge < -0.3 is 14.5 Å². The van der Waals surface area contributed by atoms with Gasteiger partial charge in [-0.2, -0.15) is 0 Å². The van der Waals surface area contributed by atoms with Crippen molar-refractivity contribution in [2.45, 2.75) is 31.0 Å². The van der Waals surface area contributed by atoms with Crippen molar-refractivity contribution in [2.75, 3.05) is 32.5 Å². The first-order valence-electron chi connectivity index (χ1n) is 13.6. The molecule has 1 aliphatic heterocycles. The Morgan fingerprint density at radius 3 is 2.46 bits per heavy atom. The van der Waals surface area contributed by atoms with E-state index in [1.54, 1.807) is 18.9 Å². The predicted molar refractivity (Wildman–Crippen MR) is 165 cm³/mol. The van der Waals surface area contributed by atoms with Crippen molar-refractivity contribution in [1.29, 1.82) is 0 Å². The quantitative estimate of drug-likeness (QED) is 0.167. The first kappa shape index (κ1) is 28.9. The van der Waals surface area contributed by atoms with Crippen LogP contribution in [-0.4, -0.2) is 74.9 Å². The molecule has 1 fully saturated rings. The summed E-state index contributed by atoms with van der Waals surface area (Å²) in [5, 5.41) is 9.75. The molecule has 1 aromatic heterocycles. The Morgan fingerprint density at radius 1 is 0.976 bits per heavy atom. The second-order valence-corrected chi connectivity index (χ2v) is 11.7. The third-order valence-corrected chi connectivity index (χ3v) is 8.81. The summed E-state index contributed by atoms with van der Waals surface area (Å²) in [6, 6.07) is 25.2. The van der Waals surface area contributed by atoms with Crippen molar-refractivity contribution < 1.29 is 14.3 Å². The van der Waals surface area contributed by atoms with Gasteiger partial charge in [-0.05, 0) is 53.5 Å². The Hall–Kier alpha value is -3.63. The fraction of sp³-hybridized carbons (Fsp3) is 0.290. The summed E-state index contributed by atoms with van der Waals surface area (Å²) in [6.45, 7) is 3.59. The third-order valence-electron chi connectivity index (χ3n) is 7.10. The molecule has 8 nitrogen and oxygen atoms in total. The van der Waals surface area contributed by atoms with Gasteiger partial charge in [-0.25, -0.2) is 0 Å². The van der Waals surface area contributed by atoms with Crippen LogP contribution in [0.3, 0.4) is 0 Å². The zero-order chi connectivity index (χ0) is 28.8. The number of aromatic nitrogens is 3. The number of halogens is 1. The SMILES string of the molecule is COc1ccccc1-n1c(SCCCC(=O)N2CCN(C(=O)c3ccccc3Br)C(C)C2)nnc1-c1ccccc1. The molecule has 0 N–H and O–H groups in total. The number of benzene rings is 3. The lowest BCUT2D eigenvalue weighted by Crippen LogP contribution is -2.55. The molecule has 0 saturated carbocycles. The van der Waals surface area contributed by atoms with Gasteiger partial charge in [0.05, 0.1) is 18.4 Å². The minimum absolute atomic E-state index is 0.0116. The minimum atomic E-state index is -0.0579. The fourth-order valence-electron chi connectivity index (χ4n) is 4.99. The van der Waals surface area contributed by atoms with Crippen LogP contribution in [0.5, 0.6) is 5.75 Å². The number of carbonyl (C=O) groups is 2. The number of piperazine rings is 1. The third kappa shape index (κ3) is 6.49. The van der Waals surface area contributed by atoms with Crippen molar-refractivity contribution in [2.24, 2.45) is 0 Å². The molecule has 0 spiro atoms. The van der Waals surface area contributed by atoms with E-state index in [2.05, 4.69) is 26.1 Å². The fourth-order valence-corrected chi connectivity index (χ4v) is 6.33. The number of thioether (sulfide) groups is 1. The van der Waals surface area contributed by atoms with Crippen LogP contribution in [-0.2, 0) is 4.79 Å². The van der Waals surface area contributed by atoms with Crippen LogP contribution in [0.25, 0.3) is 17.1 Å². The van der Waals surface area contributed by atoms with Crippen LogP contribution in [0, 0.1) is 0 Å². The van der Waals surface area contributed by atoms with Crippen molar-refractivity contribution >= 4 is 39.5 Å². The molecule has 212 valence electrons. The van der Waals surface area contributed by atoms with Gasteiger partial charge in [-0.15, -0.1) is 10.2 Å². The molecule has 10 heteroatoms. The lowest BCUT2D eigenvalue weighted by atomic mass is 10.1. The largest absolute Gasteiger partial charge is 0.495 e. The number of hydrogen-bond acceptors (Lipinski definition) is 6. The molecule has 0 radical (unpaired) electrons. The molecular formula is C31H32BrN5O3S. The molecule has 0 bridgehead atoms. The summed E-state index contributed by atoms with van der Waals surface area (Å²) >= 11 is 5.05. The summed E-state index contributed by atoms with van der Waals surface area (Å²) in [6.07, 6.45) is 1.14. The molecule has 4 aromatic rings. The number of methoxy groups -OCH3 is 1. The number of carbonyl (C=O) groups excluding carboxylic acids is 2. The summed E-state index contributed by atoms with van der Waals surface area (Å²) in [5.41, 5.74) is 2.47. The number of amides is 2. The van der Waals surface area contributed by atoms with Crippen LogP contribution in [0.15, 0.2) is 88.5 Å². The van der Waals surface area contributed by atoms with Crippen molar-refractivity contribution in [3.8, 4) is 22.8 Å². The molecule has 1 saturated heterocycles. The maximum atomic E-state index is 13.1. The van der Waals surface area contributed by atoms with E-state index < -0.39 is 0 Å². The van der Waals surface area contributed by atoms with E-state index in [1.165, 1.54) is 0 Å². The highest BCUT2D eigenvalue weighted by molar-refractivity contribution is 9.10. The zero-order valence-corrected chi connectivity index (χ0v) is 25.5. The van der Waals surface area contributed by atoms with E-state index in [-0.39, 0.29) is 17.9 Å². The highest BCUT2D eigenvalue weighted by atomic mass is 79.9. The van der Waals surface area contributed by atoms with E-state index in [1.807, 2.05) is 100 Å². The normalized spacial score (nSPS) is 15.1. The van der Waals surface area contributed by atoms with Crippen LogP contribution < -0.4 is 4.74 Å². The van der Waals surface area contributed by atoms with Crippen LogP contribution in [0.1, 0.15) is 30.1 Å². The van der Waals surface area contributed by atoms with Gasteiger partial charge in [0.15, 0.2) is 11.0 Å². The van der Waals surface area contributed by atoms with Gasteiger partial charge in [0, 0.05) is 47.9 Å². The molecule has 3 aromatic carbocycles. The van der Waals surface area contributed by atoms with Gasteiger partial charge in [0.2, 0.25) is 5.91 Å². The average Bonchev–Trinajstić information content (AvgIpc) is 3.43. The Kier molecular flexibility index (Phi) is 9.41. The Bertz CT molecular complexity index is 1510. The number of ether oxygens (including phenoxy) is 1. The number of nitrogens with zero attached hydrogens (tertiary/aromatic N) is 5. The van der Waals surface area contributed by atoms with Crippen LogP contribution in [0.4, 0.5) is 0 Å². The monoisotopic (exact) mass is 633 g/mol.